The van der Waals surface area contributed by atoms with E-state index in [1.165, 1.54) is 24.3 Å². The zero-order valence-electron chi connectivity index (χ0n) is 9.35. The number of piperazine rings is 1. The fourth-order valence-electron chi connectivity index (χ4n) is 2.64. The van der Waals surface area contributed by atoms with Crippen LogP contribution in [0.3, 0.4) is 0 Å². The molecule has 3 heterocycles. The minimum Gasteiger partial charge on any atom is -0.299 e. The van der Waals surface area contributed by atoms with Crippen LogP contribution >= 0.6 is 0 Å². The summed E-state index contributed by atoms with van der Waals surface area (Å²) in [6.07, 6.45) is 1.91. The van der Waals surface area contributed by atoms with Gasteiger partial charge in [0.05, 0.1) is 5.69 Å². The molecule has 0 N–H and O–H groups in total. The fourth-order valence-corrected chi connectivity index (χ4v) is 2.64. The van der Waals surface area contributed by atoms with Crippen molar-refractivity contribution in [1.29, 1.82) is 0 Å². The normalized spacial score (nSPS) is 30.5. The van der Waals surface area contributed by atoms with E-state index in [-0.39, 0.29) is 0 Å². The Hall–Kier alpha value is -0.930. The smallest absolute Gasteiger partial charge is 0.0546 e. The summed E-state index contributed by atoms with van der Waals surface area (Å²) in [6, 6.07) is 5.88. The second kappa shape index (κ2) is 3.29. The van der Waals surface area contributed by atoms with Gasteiger partial charge in [-0.15, -0.1) is 0 Å². The van der Waals surface area contributed by atoms with Crippen LogP contribution in [0.2, 0.25) is 0 Å². The molecule has 2 saturated heterocycles. The highest BCUT2D eigenvalue weighted by molar-refractivity contribution is 5.16. The molecule has 0 spiro atoms. The van der Waals surface area contributed by atoms with Gasteiger partial charge >= 0.3 is 0 Å². The first-order valence-electron chi connectivity index (χ1n) is 5.60. The molecule has 2 unspecified atom stereocenters. The van der Waals surface area contributed by atoms with E-state index in [0.717, 1.165) is 18.6 Å². The average molecular weight is 203 g/mol. The van der Waals surface area contributed by atoms with E-state index in [9.17, 15) is 0 Å². The Morgan fingerprint density at radius 3 is 2.87 bits per heavy atom. The van der Waals surface area contributed by atoms with Gasteiger partial charge in [-0.05, 0) is 31.7 Å². The van der Waals surface area contributed by atoms with E-state index in [1.807, 2.05) is 6.20 Å². The topological polar surface area (TPSA) is 19.4 Å². The van der Waals surface area contributed by atoms with Gasteiger partial charge in [-0.1, -0.05) is 0 Å². The van der Waals surface area contributed by atoms with Gasteiger partial charge in [-0.3, -0.25) is 14.8 Å². The van der Waals surface area contributed by atoms with Gasteiger partial charge in [0.25, 0.3) is 0 Å². The number of rotatable bonds is 2. The first-order valence-corrected chi connectivity index (χ1v) is 5.60. The molecule has 0 radical (unpaired) electrons. The number of fused-ring (bicyclic) bond motifs is 1. The molecule has 3 rings (SSSR count). The monoisotopic (exact) mass is 203 g/mol. The lowest BCUT2D eigenvalue weighted by Crippen LogP contribution is -2.77. The van der Waals surface area contributed by atoms with Crippen LogP contribution in [0.25, 0.3) is 0 Å². The van der Waals surface area contributed by atoms with Gasteiger partial charge in [0.1, 0.15) is 0 Å². The first kappa shape index (κ1) is 9.31. The van der Waals surface area contributed by atoms with Crippen molar-refractivity contribution < 1.29 is 0 Å². The van der Waals surface area contributed by atoms with Gasteiger partial charge in [-0.2, -0.15) is 0 Å². The maximum atomic E-state index is 4.41. The van der Waals surface area contributed by atoms with Crippen molar-refractivity contribution in [2.45, 2.75) is 25.6 Å². The van der Waals surface area contributed by atoms with Crippen molar-refractivity contribution in [3.63, 3.8) is 0 Å². The second-order valence-corrected chi connectivity index (χ2v) is 4.83. The standard InChI is InChI=1S/C12H17N3/c1-9-3-4-13-10(5-9)6-15-8-11-12(15)7-14(11)2/h3-5,11-12H,6-8H2,1-2H3. The van der Waals surface area contributed by atoms with Gasteiger partial charge in [0.2, 0.25) is 0 Å². The third kappa shape index (κ3) is 1.46. The Balaban J connectivity index is 1.63. The molecule has 0 aromatic carbocycles. The van der Waals surface area contributed by atoms with Gasteiger partial charge in [0, 0.05) is 37.9 Å². The van der Waals surface area contributed by atoms with Crippen LogP contribution in [0, 0.1) is 6.92 Å². The molecule has 1 aromatic heterocycles. The summed E-state index contributed by atoms with van der Waals surface area (Å²) in [6.45, 7) is 5.60. The number of aryl methyl sites for hydroxylation is 1. The van der Waals surface area contributed by atoms with Crippen molar-refractivity contribution >= 4 is 0 Å². The maximum Gasteiger partial charge on any atom is 0.0546 e. The van der Waals surface area contributed by atoms with E-state index in [4.69, 9.17) is 0 Å². The Kier molecular flexibility index (Phi) is 2.04. The summed E-state index contributed by atoms with van der Waals surface area (Å²) in [4.78, 5) is 9.38. The van der Waals surface area contributed by atoms with Gasteiger partial charge in [0.15, 0.2) is 0 Å². The minimum atomic E-state index is 0.803. The van der Waals surface area contributed by atoms with Crippen LogP contribution < -0.4 is 0 Å². The predicted molar refractivity (Wildman–Crippen MR) is 59.6 cm³/mol. The highest BCUT2D eigenvalue weighted by atomic mass is 15.4. The summed E-state index contributed by atoms with van der Waals surface area (Å²) in [5.41, 5.74) is 2.52. The summed E-state index contributed by atoms with van der Waals surface area (Å²) in [5.74, 6) is 0. The third-order valence-corrected chi connectivity index (χ3v) is 3.71. The van der Waals surface area contributed by atoms with E-state index in [2.05, 4.69) is 40.9 Å². The van der Waals surface area contributed by atoms with Crippen molar-refractivity contribution in [3.8, 4) is 0 Å². The quantitative estimate of drug-likeness (QED) is 0.711. The lowest BCUT2D eigenvalue weighted by molar-refractivity contribution is -0.116. The largest absolute Gasteiger partial charge is 0.299 e. The van der Waals surface area contributed by atoms with Gasteiger partial charge < -0.3 is 0 Å². The Morgan fingerprint density at radius 1 is 1.40 bits per heavy atom. The van der Waals surface area contributed by atoms with E-state index < -0.39 is 0 Å². The highest BCUT2D eigenvalue weighted by Gasteiger charge is 2.49. The molecule has 0 amide bonds. The molecule has 3 nitrogen and oxygen atoms in total. The third-order valence-electron chi connectivity index (χ3n) is 3.71. The van der Waals surface area contributed by atoms with Crippen molar-refractivity contribution in [3.05, 3.63) is 29.6 Å². The van der Waals surface area contributed by atoms with Gasteiger partial charge in [-0.25, -0.2) is 0 Å². The zero-order chi connectivity index (χ0) is 10.4. The molecule has 0 aliphatic carbocycles. The van der Waals surface area contributed by atoms with Crippen molar-refractivity contribution in [2.75, 3.05) is 20.1 Å². The number of hydrogen-bond donors (Lipinski definition) is 0. The maximum absolute atomic E-state index is 4.41. The summed E-state index contributed by atoms with van der Waals surface area (Å²) in [7, 11) is 2.21. The Bertz CT molecular complexity index is 377. The van der Waals surface area contributed by atoms with E-state index in [1.54, 1.807) is 0 Å². The molecule has 2 aliphatic rings. The Labute approximate surface area is 90.7 Å². The average Bonchev–Trinajstić information content (AvgIpc) is 2.20. The molecule has 15 heavy (non-hydrogen) atoms. The zero-order valence-corrected chi connectivity index (χ0v) is 9.35. The van der Waals surface area contributed by atoms with E-state index >= 15 is 0 Å². The number of nitrogens with zero attached hydrogens (tertiary/aromatic N) is 3. The molecule has 0 bridgehead atoms. The van der Waals surface area contributed by atoms with Crippen LogP contribution in [0.4, 0.5) is 0 Å². The molecule has 2 aliphatic heterocycles. The number of aromatic nitrogens is 1. The highest BCUT2D eigenvalue weighted by Crippen LogP contribution is 2.32. The van der Waals surface area contributed by atoms with Crippen LogP contribution in [0.15, 0.2) is 18.3 Å². The number of likely N-dealkylation sites (tertiary alicyclic amines) is 2. The second-order valence-electron chi connectivity index (χ2n) is 4.83. The van der Waals surface area contributed by atoms with Crippen LogP contribution in [0.5, 0.6) is 0 Å². The summed E-state index contributed by atoms with van der Waals surface area (Å²) in [5, 5.41) is 0. The summed E-state index contributed by atoms with van der Waals surface area (Å²) >= 11 is 0. The van der Waals surface area contributed by atoms with Crippen LogP contribution in [0.1, 0.15) is 11.3 Å². The van der Waals surface area contributed by atoms with E-state index in [0.29, 0.717) is 0 Å². The molecular weight excluding hydrogens is 186 g/mol. The van der Waals surface area contributed by atoms with Crippen molar-refractivity contribution in [2.24, 2.45) is 0 Å². The first-order chi connectivity index (χ1) is 7.24. The number of hydrogen-bond acceptors (Lipinski definition) is 3. The molecule has 0 saturated carbocycles. The molecule has 80 valence electrons. The lowest BCUT2D eigenvalue weighted by atomic mass is 9.86. The minimum absolute atomic E-state index is 0.803. The lowest BCUT2D eigenvalue weighted by Gasteiger charge is -2.61. The number of likely N-dealkylation sites (N-methyl/N-ethyl adjacent to an activating group) is 1. The van der Waals surface area contributed by atoms with Crippen LogP contribution in [-0.4, -0.2) is 47.0 Å². The molecule has 2 atom stereocenters. The number of pyridine rings is 1. The Morgan fingerprint density at radius 2 is 2.27 bits per heavy atom. The molecule has 1 aromatic rings. The summed E-state index contributed by atoms with van der Waals surface area (Å²) < 4.78 is 0. The molecular formula is C12H17N3. The van der Waals surface area contributed by atoms with Crippen LogP contribution in [-0.2, 0) is 6.54 Å². The predicted octanol–water partition coefficient (Wildman–Crippen LogP) is 0.888. The SMILES string of the molecule is Cc1ccnc(CN2CC3C2CN3C)c1. The molecule has 3 heteroatoms. The molecule has 2 fully saturated rings. The van der Waals surface area contributed by atoms with Crippen molar-refractivity contribution in [1.82, 2.24) is 14.8 Å². The fraction of sp³-hybridized carbons (Fsp3) is 0.583.